The third-order valence-electron chi connectivity index (χ3n) is 4.90. The van der Waals surface area contributed by atoms with Gasteiger partial charge in [0.2, 0.25) is 10.0 Å². The zero-order valence-corrected chi connectivity index (χ0v) is 20.5. The Labute approximate surface area is 196 Å². The number of rotatable bonds is 6. The molecule has 1 amide bonds. The van der Waals surface area contributed by atoms with Crippen molar-refractivity contribution in [3.05, 3.63) is 92.4 Å². The topological polar surface area (TPSA) is 66.5 Å². The second-order valence-corrected chi connectivity index (χ2v) is 10.5. The minimum absolute atomic E-state index is 0.172. The van der Waals surface area contributed by atoms with Crippen molar-refractivity contribution in [1.82, 2.24) is 0 Å². The molecule has 0 bridgehead atoms. The van der Waals surface area contributed by atoms with Crippen LogP contribution in [0.15, 0.2) is 65.1 Å². The molecule has 0 spiro atoms. The number of nitrogens with zero attached hydrogens (tertiary/aromatic N) is 1. The first-order chi connectivity index (χ1) is 14.5. The van der Waals surface area contributed by atoms with Gasteiger partial charge in [0.05, 0.1) is 23.5 Å². The van der Waals surface area contributed by atoms with E-state index in [4.69, 9.17) is 11.6 Å². The lowest BCUT2D eigenvalue weighted by molar-refractivity contribution is 0.102. The van der Waals surface area contributed by atoms with E-state index in [-0.39, 0.29) is 12.5 Å². The van der Waals surface area contributed by atoms with Crippen LogP contribution in [0, 0.1) is 13.8 Å². The van der Waals surface area contributed by atoms with Gasteiger partial charge in [0.1, 0.15) is 0 Å². The van der Waals surface area contributed by atoms with Crippen molar-refractivity contribution >= 4 is 54.8 Å². The largest absolute Gasteiger partial charge is 0.322 e. The summed E-state index contributed by atoms with van der Waals surface area (Å²) in [7, 11) is -3.48. The molecule has 162 valence electrons. The molecule has 0 radical (unpaired) electrons. The Kier molecular flexibility index (Phi) is 7.09. The van der Waals surface area contributed by atoms with Gasteiger partial charge in [-0.15, -0.1) is 0 Å². The van der Waals surface area contributed by atoms with Crippen LogP contribution >= 0.6 is 27.5 Å². The third kappa shape index (κ3) is 5.87. The van der Waals surface area contributed by atoms with Gasteiger partial charge in [-0.1, -0.05) is 29.8 Å². The summed E-state index contributed by atoms with van der Waals surface area (Å²) >= 11 is 9.38. The molecule has 0 saturated heterocycles. The van der Waals surface area contributed by atoms with E-state index in [2.05, 4.69) is 21.2 Å². The molecule has 0 aromatic heterocycles. The van der Waals surface area contributed by atoms with Gasteiger partial charge in [0.15, 0.2) is 0 Å². The first-order valence-electron chi connectivity index (χ1n) is 9.45. The molecule has 8 heteroatoms. The van der Waals surface area contributed by atoms with Gasteiger partial charge in [-0.25, -0.2) is 8.42 Å². The molecule has 0 aliphatic carbocycles. The summed E-state index contributed by atoms with van der Waals surface area (Å²) in [5.74, 6) is -0.279. The summed E-state index contributed by atoms with van der Waals surface area (Å²) < 4.78 is 26.9. The molecule has 0 atom stereocenters. The molecule has 0 saturated carbocycles. The first-order valence-corrected chi connectivity index (χ1v) is 12.5. The zero-order valence-electron chi connectivity index (χ0n) is 17.3. The van der Waals surface area contributed by atoms with E-state index in [1.807, 2.05) is 26.0 Å². The highest BCUT2D eigenvalue weighted by atomic mass is 79.9. The highest BCUT2D eigenvalue weighted by Crippen LogP contribution is 2.26. The number of carbonyl (C=O) groups is 1. The van der Waals surface area contributed by atoms with Crippen LogP contribution in [0.2, 0.25) is 5.02 Å². The van der Waals surface area contributed by atoms with Crippen LogP contribution in [0.1, 0.15) is 27.0 Å². The Morgan fingerprint density at radius 2 is 1.68 bits per heavy atom. The molecule has 3 rings (SSSR count). The SMILES string of the molecule is Cc1ccc(N(Cc2ccc(C(=O)Nc3ccc(Br)c(Cl)c3)cc2)S(C)(=O)=O)cc1C. The van der Waals surface area contributed by atoms with Gasteiger partial charge < -0.3 is 5.32 Å². The molecule has 0 fully saturated rings. The molecular weight excluding hydrogens is 500 g/mol. The fraction of sp³-hybridized carbons (Fsp3) is 0.174. The van der Waals surface area contributed by atoms with Gasteiger partial charge in [0.25, 0.3) is 5.91 Å². The Hall–Kier alpha value is -2.35. The number of anilines is 2. The second kappa shape index (κ2) is 9.42. The van der Waals surface area contributed by atoms with Crippen molar-refractivity contribution < 1.29 is 13.2 Å². The standard InChI is InChI=1S/C23H22BrClN2O3S/c1-15-4-10-20(12-16(15)2)27(31(3,29)30)14-17-5-7-18(8-6-17)23(28)26-19-9-11-21(24)22(25)13-19/h4-13H,14H2,1-3H3,(H,26,28). The van der Waals surface area contributed by atoms with Gasteiger partial charge in [-0.05, 0) is 88.9 Å². The number of carbonyl (C=O) groups excluding carboxylic acids is 1. The van der Waals surface area contributed by atoms with Crippen LogP contribution < -0.4 is 9.62 Å². The molecule has 0 unspecified atom stereocenters. The lowest BCUT2D eigenvalue weighted by atomic mass is 10.1. The fourth-order valence-corrected chi connectivity index (χ4v) is 4.29. The van der Waals surface area contributed by atoms with Crippen LogP contribution in [-0.4, -0.2) is 20.6 Å². The molecule has 1 N–H and O–H groups in total. The third-order valence-corrected chi connectivity index (χ3v) is 7.27. The summed E-state index contributed by atoms with van der Waals surface area (Å²) in [6, 6.07) is 17.6. The Morgan fingerprint density at radius 3 is 2.26 bits per heavy atom. The maximum absolute atomic E-state index is 12.5. The van der Waals surface area contributed by atoms with Crippen LogP contribution in [0.5, 0.6) is 0 Å². The molecule has 0 aliphatic heterocycles. The minimum atomic E-state index is -3.48. The average Bonchev–Trinajstić information content (AvgIpc) is 2.71. The molecule has 31 heavy (non-hydrogen) atoms. The van der Waals surface area contributed by atoms with Crippen molar-refractivity contribution in [1.29, 1.82) is 0 Å². The minimum Gasteiger partial charge on any atom is -0.322 e. The smallest absolute Gasteiger partial charge is 0.255 e. The van der Waals surface area contributed by atoms with Crippen molar-refractivity contribution in [3.8, 4) is 0 Å². The number of benzene rings is 3. The number of hydrogen-bond donors (Lipinski definition) is 1. The number of hydrogen-bond acceptors (Lipinski definition) is 3. The van der Waals surface area contributed by atoms with Gasteiger partial charge in [0, 0.05) is 15.7 Å². The van der Waals surface area contributed by atoms with Gasteiger partial charge >= 0.3 is 0 Å². The lowest BCUT2D eigenvalue weighted by Crippen LogP contribution is -2.29. The highest BCUT2D eigenvalue weighted by Gasteiger charge is 2.18. The van der Waals surface area contributed by atoms with Gasteiger partial charge in [-0.2, -0.15) is 0 Å². The summed E-state index contributed by atoms with van der Waals surface area (Å²) in [5, 5.41) is 3.30. The maximum Gasteiger partial charge on any atom is 0.255 e. The predicted molar refractivity (Wildman–Crippen MR) is 130 cm³/mol. The number of halogens is 2. The quantitative estimate of drug-likeness (QED) is 0.437. The highest BCUT2D eigenvalue weighted by molar-refractivity contribution is 9.10. The summed E-state index contributed by atoms with van der Waals surface area (Å²) in [6.45, 7) is 4.10. The van der Waals surface area contributed by atoms with Crippen molar-refractivity contribution in [3.63, 3.8) is 0 Å². The lowest BCUT2D eigenvalue weighted by Gasteiger charge is -2.23. The van der Waals surface area contributed by atoms with E-state index in [0.717, 1.165) is 21.2 Å². The number of nitrogens with one attached hydrogen (secondary N) is 1. The van der Waals surface area contributed by atoms with E-state index in [9.17, 15) is 13.2 Å². The van der Waals surface area contributed by atoms with Crippen molar-refractivity contribution in [2.75, 3.05) is 15.9 Å². The number of sulfonamides is 1. The van der Waals surface area contributed by atoms with E-state index in [0.29, 0.717) is 22.0 Å². The van der Waals surface area contributed by atoms with Crippen LogP contribution in [-0.2, 0) is 16.6 Å². The van der Waals surface area contributed by atoms with Crippen molar-refractivity contribution in [2.45, 2.75) is 20.4 Å². The van der Waals surface area contributed by atoms with E-state index < -0.39 is 10.0 Å². The number of aryl methyl sites for hydroxylation is 2. The number of amides is 1. The molecular formula is C23H22BrClN2O3S. The van der Waals surface area contributed by atoms with Crippen molar-refractivity contribution in [2.24, 2.45) is 0 Å². The molecule has 5 nitrogen and oxygen atoms in total. The van der Waals surface area contributed by atoms with Crippen LogP contribution in [0.3, 0.4) is 0 Å². The van der Waals surface area contributed by atoms with Crippen LogP contribution in [0.4, 0.5) is 11.4 Å². The maximum atomic E-state index is 12.5. The average molecular weight is 522 g/mol. The monoisotopic (exact) mass is 520 g/mol. The van der Waals surface area contributed by atoms with E-state index in [1.165, 1.54) is 10.6 Å². The summed E-state index contributed by atoms with van der Waals surface area (Å²) in [6.07, 6.45) is 1.19. The normalized spacial score (nSPS) is 11.3. The van der Waals surface area contributed by atoms with E-state index >= 15 is 0 Å². The van der Waals surface area contributed by atoms with E-state index in [1.54, 1.807) is 48.5 Å². The zero-order chi connectivity index (χ0) is 22.8. The Morgan fingerprint density at radius 1 is 1.00 bits per heavy atom. The molecule has 3 aromatic carbocycles. The Bertz CT molecular complexity index is 1230. The van der Waals surface area contributed by atoms with Gasteiger partial charge in [-0.3, -0.25) is 9.10 Å². The predicted octanol–water partition coefficient (Wildman–Crippen LogP) is 5.94. The fourth-order valence-electron chi connectivity index (χ4n) is 2.99. The molecule has 0 aliphatic rings. The summed E-state index contributed by atoms with van der Waals surface area (Å²) in [4.78, 5) is 12.5. The van der Waals surface area contributed by atoms with Crippen LogP contribution in [0.25, 0.3) is 0 Å². The molecule has 0 heterocycles. The first kappa shape index (κ1) is 23.3. The Balaban J connectivity index is 1.78. The summed E-state index contributed by atoms with van der Waals surface area (Å²) in [5.41, 5.74) is 4.54. The second-order valence-electron chi connectivity index (χ2n) is 7.32. The molecule has 3 aromatic rings.